The first-order valence-corrected chi connectivity index (χ1v) is 10.5. The molecule has 138 valence electrons. The maximum absolute atomic E-state index is 13.1. The number of aromatic nitrogens is 1. The molecule has 0 bridgehead atoms. The molecule has 0 aliphatic heterocycles. The average Bonchev–Trinajstić information content (AvgIpc) is 3.04. The zero-order chi connectivity index (χ0) is 19.1. The van der Waals surface area contributed by atoms with Crippen LogP contribution < -0.4 is 4.74 Å². The average molecular weight is 391 g/mol. The lowest BCUT2D eigenvalue weighted by Crippen LogP contribution is -2.30. The highest BCUT2D eigenvalue weighted by atomic mass is 32.2. The van der Waals surface area contributed by atoms with Crippen LogP contribution in [0, 0.1) is 13.8 Å². The highest BCUT2D eigenvalue weighted by molar-refractivity contribution is 7.89. The summed E-state index contributed by atoms with van der Waals surface area (Å²) in [5.74, 6) is 0.714. The predicted molar refractivity (Wildman–Crippen MR) is 105 cm³/mol. The smallest absolute Gasteiger partial charge is 0.243 e. The Morgan fingerprint density at radius 3 is 2.35 bits per heavy atom. The molecule has 7 heteroatoms. The topological polar surface area (TPSA) is 59.5 Å². The summed E-state index contributed by atoms with van der Waals surface area (Å²) < 4.78 is 34.0. The van der Waals surface area contributed by atoms with Gasteiger partial charge in [-0.05, 0) is 56.2 Å². The first-order chi connectivity index (χ1) is 12.3. The molecule has 0 saturated carbocycles. The van der Waals surface area contributed by atoms with E-state index in [1.165, 1.54) is 15.6 Å². The molecule has 26 heavy (non-hydrogen) atoms. The van der Waals surface area contributed by atoms with Crippen molar-refractivity contribution in [3.05, 3.63) is 52.5 Å². The summed E-state index contributed by atoms with van der Waals surface area (Å²) in [6.45, 7) is 5.56. The third-order valence-corrected chi connectivity index (χ3v) is 7.64. The van der Waals surface area contributed by atoms with Gasteiger partial charge >= 0.3 is 0 Å². The number of methoxy groups -OCH3 is 1. The van der Waals surface area contributed by atoms with Crippen molar-refractivity contribution in [1.82, 2.24) is 9.29 Å². The summed E-state index contributed by atoms with van der Waals surface area (Å²) in [5.41, 5.74) is 2.49. The van der Waals surface area contributed by atoms with Gasteiger partial charge in [0, 0.05) is 7.05 Å². The molecule has 0 aliphatic carbocycles. The van der Waals surface area contributed by atoms with E-state index in [9.17, 15) is 8.42 Å². The Hall–Kier alpha value is -1.96. The summed E-state index contributed by atoms with van der Waals surface area (Å²) in [7, 11) is -0.463. The Morgan fingerprint density at radius 1 is 1.15 bits per heavy atom. The summed E-state index contributed by atoms with van der Waals surface area (Å²) in [6.07, 6.45) is 0. The van der Waals surface area contributed by atoms with Gasteiger partial charge in [0.25, 0.3) is 0 Å². The molecule has 3 rings (SSSR count). The highest BCUT2D eigenvalue weighted by Crippen LogP contribution is 2.33. The SMILES string of the molecule is COc1c(C)cc(S(=O)(=O)N(C)C(C)c2nc3ccccc3s2)cc1C. The van der Waals surface area contributed by atoms with Crippen LogP contribution in [0.3, 0.4) is 0 Å². The number of thiazole rings is 1. The Bertz CT molecular complexity index is 1000. The third-order valence-electron chi connectivity index (χ3n) is 4.53. The maximum Gasteiger partial charge on any atom is 0.243 e. The third kappa shape index (κ3) is 3.22. The lowest BCUT2D eigenvalue weighted by molar-refractivity contribution is 0.396. The van der Waals surface area contributed by atoms with Gasteiger partial charge in [0.15, 0.2) is 0 Å². The number of nitrogens with zero attached hydrogens (tertiary/aromatic N) is 2. The van der Waals surface area contributed by atoms with Gasteiger partial charge in [0.2, 0.25) is 10.0 Å². The molecular weight excluding hydrogens is 368 g/mol. The molecule has 0 fully saturated rings. The van der Waals surface area contributed by atoms with Gasteiger partial charge in [-0.2, -0.15) is 4.31 Å². The minimum absolute atomic E-state index is 0.267. The van der Waals surface area contributed by atoms with Crippen molar-refractivity contribution >= 4 is 31.6 Å². The molecule has 0 amide bonds. The highest BCUT2D eigenvalue weighted by Gasteiger charge is 2.29. The molecule has 0 N–H and O–H groups in total. The van der Waals surface area contributed by atoms with Crippen LogP contribution in [0.2, 0.25) is 0 Å². The van der Waals surface area contributed by atoms with Crippen molar-refractivity contribution < 1.29 is 13.2 Å². The number of sulfonamides is 1. The normalized spacial score (nSPS) is 13.3. The van der Waals surface area contributed by atoms with Crippen LogP contribution in [0.25, 0.3) is 10.2 Å². The van der Waals surface area contributed by atoms with Gasteiger partial charge in [-0.3, -0.25) is 0 Å². The predicted octanol–water partition coefficient (Wildman–Crippen LogP) is 4.30. The van der Waals surface area contributed by atoms with Crippen molar-refractivity contribution in [1.29, 1.82) is 0 Å². The molecule has 1 heterocycles. The molecule has 1 aromatic heterocycles. The van der Waals surface area contributed by atoms with E-state index in [-0.39, 0.29) is 10.9 Å². The Labute approximate surface area is 158 Å². The second-order valence-electron chi connectivity index (χ2n) is 6.31. The van der Waals surface area contributed by atoms with E-state index in [1.807, 2.05) is 45.0 Å². The Balaban J connectivity index is 1.98. The van der Waals surface area contributed by atoms with Crippen LogP contribution in [-0.4, -0.2) is 31.9 Å². The fourth-order valence-electron chi connectivity index (χ4n) is 2.98. The van der Waals surface area contributed by atoms with Crippen molar-refractivity contribution in [3.63, 3.8) is 0 Å². The number of aryl methyl sites for hydroxylation is 2. The standard InChI is InChI=1S/C19H22N2O3S2/c1-12-10-15(11-13(2)18(12)24-5)26(22,23)21(4)14(3)19-20-16-8-6-7-9-17(16)25-19/h6-11,14H,1-5H3. The van der Waals surface area contributed by atoms with E-state index in [1.54, 1.807) is 26.3 Å². The van der Waals surface area contributed by atoms with Gasteiger partial charge in [-0.25, -0.2) is 13.4 Å². The van der Waals surface area contributed by atoms with Crippen LogP contribution in [0.15, 0.2) is 41.3 Å². The molecule has 0 spiro atoms. The van der Waals surface area contributed by atoms with Gasteiger partial charge < -0.3 is 4.74 Å². The van der Waals surface area contributed by atoms with E-state index in [0.717, 1.165) is 26.4 Å². The van der Waals surface area contributed by atoms with E-state index >= 15 is 0 Å². The number of para-hydroxylation sites is 1. The van der Waals surface area contributed by atoms with E-state index in [2.05, 4.69) is 4.98 Å². The van der Waals surface area contributed by atoms with Gasteiger partial charge in [-0.15, -0.1) is 11.3 Å². The van der Waals surface area contributed by atoms with Crippen LogP contribution in [-0.2, 0) is 10.0 Å². The quantitative estimate of drug-likeness (QED) is 0.652. The second kappa shape index (κ2) is 6.98. The molecule has 5 nitrogen and oxygen atoms in total. The zero-order valence-electron chi connectivity index (χ0n) is 15.5. The molecule has 1 atom stereocenters. The lowest BCUT2D eigenvalue weighted by Gasteiger charge is -2.23. The summed E-state index contributed by atoms with van der Waals surface area (Å²) in [5, 5.41) is 0.777. The summed E-state index contributed by atoms with van der Waals surface area (Å²) in [6, 6.07) is 10.8. The summed E-state index contributed by atoms with van der Waals surface area (Å²) >= 11 is 1.52. The molecule has 1 unspecified atom stereocenters. The largest absolute Gasteiger partial charge is 0.496 e. The van der Waals surface area contributed by atoms with Crippen molar-refractivity contribution in [2.24, 2.45) is 0 Å². The van der Waals surface area contributed by atoms with Crippen molar-refractivity contribution in [3.8, 4) is 5.75 Å². The minimum atomic E-state index is -3.65. The molecular formula is C19H22N2O3S2. The fraction of sp³-hybridized carbons (Fsp3) is 0.316. The fourth-order valence-corrected chi connectivity index (χ4v) is 5.61. The van der Waals surface area contributed by atoms with Gasteiger partial charge in [0.05, 0.1) is 28.3 Å². The number of hydrogen-bond donors (Lipinski definition) is 0. The molecule has 0 radical (unpaired) electrons. The Kier molecular flexibility index (Phi) is 5.05. The van der Waals surface area contributed by atoms with E-state index in [4.69, 9.17) is 4.74 Å². The van der Waals surface area contributed by atoms with Gasteiger partial charge in [-0.1, -0.05) is 12.1 Å². The minimum Gasteiger partial charge on any atom is -0.496 e. The second-order valence-corrected chi connectivity index (χ2v) is 9.37. The zero-order valence-corrected chi connectivity index (χ0v) is 17.1. The molecule has 2 aromatic carbocycles. The first kappa shape index (κ1) is 18.8. The number of hydrogen-bond acceptors (Lipinski definition) is 5. The number of ether oxygens (including phenoxy) is 1. The molecule has 0 saturated heterocycles. The summed E-state index contributed by atoms with van der Waals surface area (Å²) in [4.78, 5) is 4.86. The van der Waals surface area contributed by atoms with Crippen LogP contribution in [0.5, 0.6) is 5.75 Å². The van der Waals surface area contributed by atoms with Gasteiger partial charge in [0.1, 0.15) is 10.8 Å². The van der Waals surface area contributed by atoms with Crippen molar-refractivity contribution in [2.45, 2.75) is 31.7 Å². The molecule has 3 aromatic rings. The maximum atomic E-state index is 13.1. The molecule has 0 aliphatic rings. The van der Waals surface area contributed by atoms with Crippen LogP contribution >= 0.6 is 11.3 Å². The first-order valence-electron chi connectivity index (χ1n) is 8.24. The lowest BCUT2D eigenvalue weighted by atomic mass is 10.1. The number of rotatable bonds is 5. The van der Waals surface area contributed by atoms with Crippen LogP contribution in [0.4, 0.5) is 0 Å². The number of benzene rings is 2. The number of fused-ring (bicyclic) bond motifs is 1. The monoisotopic (exact) mass is 390 g/mol. The van der Waals surface area contributed by atoms with Crippen molar-refractivity contribution in [2.75, 3.05) is 14.2 Å². The Morgan fingerprint density at radius 2 is 1.77 bits per heavy atom. The van der Waals surface area contributed by atoms with E-state index in [0.29, 0.717) is 5.75 Å². The van der Waals surface area contributed by atoms with E-state index < -0.39 is 10.0 Å². The van der Waals surface area contributed by atoms with Crippen LogP contribution in [0.1, 0.15) is 29.1 Å².